The molecule has 0 aliphatic carbocycles. The predicted molar refractivity (Wildman–Crippen MR) is 76.9 cm³/mol. The van der Waals surface area contributed by atoms with Crippen LogP contribution in [0, 0.1) is 5.92 Å². The molecule has 0 aromatic carbocycles. The Morgan fingerprint density at radius 3 is 2.70 bits per heavy atom. The number of aromatic nitrogens is 1. The van der Waals surface area contributed by atoms with Gasteiger partial charge in [0.15, 0.2) is 0 Å². The zero-order valence-electron chi connectivity index (χ0n) is 11.3. The van der Waals surface area contributed by atoms with Gasteiger partial charge in [-0.2, -0.15) is 0 Å². The van der Waals surface area contributed by atoms with Crippen molar-refractivity contribution < 1.29 is 14.7 Å². The minimum Gasteiger partial charge on any atom is -0.480 e. The minimum absolute atomic E-state index is 0. The topological polar surface area (TPSA) is 96.5 Å². The van der Waals surface area contributed by atoms with Crippen molar-refractivity contribution in [1.82, 2.24) is 4.98 Å². The molecule has 1 aromatic heterocycles. The molecule has 0 bridgehead atoms. The first-order valence-electron chi connectivity index (χ1n) is 6.18. The smallest absolute Gasteiger partial charge is 0.327 e. The van der Waals surface area contributed by atoms with Crippen molar-refractivity contribution >= 4 is 30.1 Å². The third-order valence-electron chi connectivity index (χ3n) is 3.35. The summed E-state index contributed by atoms with van der Waals surface area (Å²) in [5.74, 6) is -1.08. The van der Waals surface area contributed by atoms with Gasteiger partial charge in [-0.15, -0.1) is 12.4 Å². The molecule has 2 unspecified atom stereocenters. The molecule has 0 radical (unpaired) electrons. The molecule has 20 heavy (non-hydrogen) atoms. The second kappa shape index (κ2) is 6.19. The van der Waals surface area contributed by atoms with Crippen molar-refractivity contribution in [3.8, 4) is 0 Å². The maximum absolute atomic E-state index is 12.4. The number of anilines is 1. The largest absolute Gasteiger partial charge is 0.480 e. The summed E-state index contributed by atoms with van der Waals surface area (Å²) in [5, 5.41) is 9.26. The molecular weight excluding hydrogens is 282 g/mol. The minimum atomic E-state index is -1.04. The first-order chi connectivity index (χ1) is 8.93. The van der Waals surface area contributed by atoms with Crippen molar-refractivity contribution in [3.05, 3.63) is 23.9 Å². The van der Waals surface area contributed by atoms with Crippen LogP contribution in [0.4, 0.5) is 5.82 Å². The third kappa shape index (κ3) is 2.76. The summed E-state index contributed by atoms with van der Waals surface area (Å²) in [6.45, 7) is 3.65. The van der Waals surface area contributed by atoms with Crippen molar-refractivity contribution in [2.24, 2.45) is 11.7 Å². The maximum atomic E-state index is 12.4. The van der Waals surface area contributed by atoms with Crippen molar-refractivity contribution in [1.29, 1.82) is 0 Å². The molecule has 6 nitrogen and oxygen atoms in total. The van der Waals surface area contributed by atoms with E-state index in [9.17, 15) is 14.7 Å². The lowest BCUT2D eigenvalue weighted by molar-refractivity contribution is -0.140. The first-order valence-corrected chi connectivity index (χ1v) is 6.18. The number of carboxylic acids is 1. The number of carboxylic acid groups (broad SMARTS) is 1. The number of nitrogens with zero attached hydrogens (tertiary/aromatic N) is 2. The van der Waals surface area contributed by atoms with E-state index in [1.807, 2.05) is 13.8 Å². The summed E-state index contributed by atoms with van der Waals surface area (Å²) in [6.07, 6.45) is 1.82. The number of aliphatic carboxylic acids is 1. The van der Waals surface area contributed by atoms with Crippen LogP contribution in [-0.2, 0) is 16.0 Å². The number of pyridine rings is 1. The van der Waals surface area contributed by atoms with E-state index in [2.05, 4.69) is 4.98 Å². The monoisotopic (exact) mass is 299 g/mol. The van der Waals surface area contributed by atoms with Gasteiger partial charge >= 0.3 is 5.97 Å². The van der Waals surface area contributed by atoms with E-state index in [1.165, 1.54) is 4.90 Å². The molecule has 1 aliphatic heterocycles. The number of hydrogen-bond acceptors (Lipinski definition) is 4. The summed E-state index contributed by atoms with van der Waals surface area (Å²) >= 11 is 0. The molecule has 7 heteroatoms. The van der Waals surface area contributed by atoms with Gasteiger partial charge in [-0.1, -0.05) is 19.9 Å². The van der Waals surface area contributed by atoms with Crippen molar-refractivity contribution in [2.45, 2.75) is 32.4 Å². The average molecular weight is 300 g/mol. The number of carbonyl (C=O) groups is 2. The quantitative estimate of drug-likeness (QED) is 0.861. The van der Waals surface area contributed by atoms with Crippen LogP contribution in [0.3, 0.4) is 0 Å². The molecule has 2 atom stereocenters. The number of amides is 1. The Bertz CT molecular complexity index is 521. The maximum Gasteiger partial charge on any atom is 0.327 e. The van der Waals surface area contributed by atoms with Gasteiger partial charge in [-0.25, -0.2) is 9.78 Å². The highest BCUT2D eigenvalue weighted by atomic mass is 35.5. The highest BCUT2D eigenvalue weighted by Gasteiger charge is 2.41. The van der Waals surface area contributed by atoms with Crippen LogP contribution >= 0.6 is 12.4 Å². The Balaban J connectivity index is 0.00000200. The summed E-state index contributed by atoms with van der Waals surface area (Å²) in [6, 6.07) is 1.87. The lowest BCUT2D eigenvalue weighted by Crippen LogP contribution is -2.52. The molecule has 0 spiro atoms. The van der Waals surface area contributed by atoms with E-state index < -0.39 is 18.1 Å². The van der Waals surface area contributed by atoms with Crippen LogP contribution in [-0.4, -0.2) is 34.1 Å². The summed E-state index contributed by atoms with van der Waals surface area (Å²) in [7, 11) is 0. The van der Waals surface area contributed by atoms with Crippen molar-refractivity contribution in [3.63, 3.8) is 0 Å². The van der Waals surface area contributed by atoms with Gasteiger partial charge in [-0.05, 0) is 17.5 Å². The van der Waals surface area contributed by atoms with E-state index in [0.29, 0.717) is 5.82 Å². The molecule has 0 fully saturated rings. The van der Waals surface area contributed by atoms with E-state index in [0.717, 1.165) is 5.56 Å². The molecule has 0 saturated heterocycles. The number of nitrogens with two attached hydrogens (primary N) is 1. The Hall–Kier alpha value is -1.66. The fraction of sp³-hybridized carbons (Fsp3) is 0.462. The van der Waals surface area contributed by atoms with Crippen LogP contribution in [0.2, 0.25) is 0 Å². The van der Waals surface area contributed by atoms with Crippen LogP contribution in [0.1, 0.15) is 19.4 Å². The van der Waals surface area contributed by atoms with Gasteiger partial charge in [-0.3, -0.25) is 9.69 Å². The zero-order valence-corrected chi connectivity index (χ0v) is 12.1. The van der Waals surface area contributed by atoms with Gasteiger partial charge in [0, 0.05) is 12.6 Å². The lowest BCUT2D eigenvalue weighted by atomic mass is 10.0. The molecule has 1 aliphatic rings. The first kappa shape index (κ1) is 16.4. The van der Waals surface area contributed by atoms with Gasteiger partial charge in [0.05, 0.1) is 6.04 Å². The molecule has 2 heterocycles. The number of halogens is 1. The van der Waals surface area contributed by atoms with Gasteiger partial charge in [0.25, 0.3) is 0 Å². The van der Waals surface area contributed by atoms with Crippen LogP contribution in [0.15, 0.2) is 18.3 Å². The van der Waals surface area contributed by atoms with Crippen molar-refractivity contribution in [2.75, 3.05) is 4.90 Å². The van der Waals surface area contributed by atoms with E-state index in [-0.39, 0.29) is 30.7 Å². The standard InChI is InChI=1S/C13H17N3O3.ClH/c1-7(2)10(14)12(17)16-9(13(18)19)6-8-4-3-5-15-11(8)16;/h3-5,7,9-10H,6,14H2,1-2H3,(H,18,19);1H. The number of carbonyl (C=O) groups excluding carboxylic acids is 1. The molecule has 2 rings (SSSR count). The van der Waals surface area contributed by atoms with Gasteiger partial charge in [0.2, 0.25) is 5.91 Å². The zero-order chi connectivity index (χ0) is 14.2. The SMILES string of the molecule is CC(C)C(N)C(=O)N1c2ncccc2CC1C(=O)O.Cl. The van der Waals surface area contributed by atoms with Gasteiger partial charge < -0.3 is 10.8 Å². The second-order valence-electron chi connectivity index (χ2n) is 5.02. The summed E-state index contributed by atoms with van der Waals surface area (Å²) in [5.41, 5.74) is 6.61. The number of hydrogen-bond donors (Lipinski definition) is 2. The Morgan fingerprint density at radius 1 is 1.50 bits per heavy atom. The molecule has 110 valence electrons. The fourth-order valence-corrected chi connectivity index (χ4v) is 2.16. The fourth-order valence-electron chi connectivity index (χ4n) is 2.16. The highest BCUT2D eigenvalue weighted by Crippen LogP contribution is 2.30. The van der Waals surface area contributed by atoms with Crippen LogP contribution < -0.4 is 10.6 Å². The van der Waals surface area contributed by atoms with Crippen LogP contribution in [0.5, 0.6) is 0 Å². The lowest BCUT2D eigenvalue weighted by Gasteiger charge is -2.26. The molecule has 0 saturated carbocycles. The third-order valence-corrected chi connectivity index (χ3v) is 3.35. The van der Waals surface area contributed by atoms with E-state index in [4.69, 9.17) is 5.73 Å². The predicted octanol–water partition coefficient (Wildman–Crippen LogP) is 0.829. The van der Waals surface area contributed by atoms with E-state index >= 15 is 0 Å². The number of fused-ring (bicyclic) bond motifs is 1. The Morgan fingerprint density at radius 2 is 2.15 bits per heavy atom. The molecule has 1 aromatic rings. The Kier molecular flexibility index (Phi) is 5.08. The summed E-state index contributed by atoms with van der Waals surface area (Å²) in [4.78, 5) is 29.0. The van der Waals surface area contributed by atoms with Gasteiger partial charge in [0.1, 0.15) is 11.9 Å². The summed E-state index contributed by atoms with van der Waals surface area (Å²) < 4.78 is 0. The molecule has 1 amide bonds. The highest BCUT2D eigenvalue weighted by molar-refractivity contribution is 6.03. The van der Waals surface area contributed by atoms with Crippen LogP contribution in [0.25, 0.3) is 0 Å². The number of rotatable bonds is 3. The molecule has 3 N–H and O–H groups in total. The average Bonchev–Trinajstić information content (AvgIpc) is 2.76. The normalized spacial score (nSPS) is 18.4. The molecular formula is C13H18ClN3O3. The van der Waals surface area contributed by atoms with E-state index in [1.54, 1.807) is 18.3 Å². The Labute approximate surface area is 123 Å². The second-order valence-corrected chi connectivity index (χ2v) is 5.02.